The number of hydrogen-bond donors (Lipinski definition) is 0. The van der Waals surface area contributed by atoms with Crippen LogP contribution in [0.2, 0.25) is 0 Å². The normalized spacial score (nSPS) is 10.7. The molecular weight excluding hydrogens is 239 g/mol. The summed E-state index contributed by atoms with van der Waals surface area (Å²) in [6.07, 6.45) is 0.235. The quantitative estimate of drug-likeness (QED) is 0.742. The van der Waals surface area contributed by atoms with Crippen molar-refractivity contribution in [3.05, 3.63) is 71.0 Å². The monoisotopic (exact) mass is 256 g/mol. The number of Topliss-reactive ketones (excluding diaryl/α,β-unsaturated/α-hetero) is 1. The molecule has 0 aromatic heterocycles. The zero-order valence-corrected chi connectivity index (χ0v) is 11.2. The highest BCUT2D eigenvalue weighted by atomic mass is 19.1. The average molecular weight is 256 g/mol. The van der Waals surface area contributed by atoms with Gasteiger partial charge in [-0.3, -0.25) is 4.79 Å². The Labute approximate surface area is 113 Å². The second kappa shape index (κ2) is 5.79. The first kappa shape index (κ1) is 13.5. The Balaban J connectivity index is 2.11. The Morgan fingerprint density at radius 2 is 1.79 bits per heavy atom. The molecule has 0 aliphatic heterocycles. The third kappa shape index (κ3) is 3.50. The smallest absolute Gasteiger partial charge is 0.167 e. The SMILES string of the molecule is CC(C)c1ccc(C(=O)Cc2cccc(F)c2)cc1. The lowest BCUT2D eigenvalue weighted by Crippen LogP contribution is -2.04. The Morgan fingerprint density at radius 3 is 2.37 bits per heavy atom. The van der Waals surface area contributed by atoms with Crippen molar-refractivity contribution in [2.45, 2.75) is 26.2 Å². The molecule has 2 aromatic carbocycles. The predicted octanol–water partition coefficient (Wildman–Crippen LogP) is 4.37. The van der Waals surface area contributed by atoms with E-state index in [0.717, 1.165) is 0 Å². The third-order valence-electron chi connectivity index (χ3n) is 3.15. The molecule has 0 heterocycles. The molecule has 0 aliphatic rings. The van der Waals surface area contributed by atoms with Gasteiger partial charge in [-0.15, -0.1) is 0 Å². The summed E-state index contributed by atoms with van der Waals surface area (Å²) in [5.74, 6) is 0.161. The van der Waals surface area contributed by atoms with Crippen LogP contribution in [0.25, 0.3) is 0 Å². The first-order valence-electron chi connectivity index (χ1n) is 6.44. The van der Waals surface area contributed by atoms with Gasteiger partial charge in [0.05, 0.1) is 0 Å². The van der Waals surface area contributed by atoms with Gasteiger partial charge in [0.1, 0.15) is 5.82 Å². The topological polar surface area (TPSA) is 17.1 Å². The van der Waals surface area contributed by atoms with Gasteiger partial charge in [-0.1, -0.05) is 50.2 Å². The van der Waals surface area contributed by atoms with Gasteiger partial charge in [0.15, 0.2) is 5.78 Å². The molecule has 2 aromatic rings. The van der Waals surface area contributed by atoms with Crippen molar-refractivity contribution in [1.82, 2.24) is 0 Å². The second-order valence-corrected chi connectivity index (χ2v) is 5.01. The molecule has 0 amide bonds. The fourth-order valence-electron chi connectivity index (χ4n) is 1.99. The summed E-state index contributed by atoms with van der Waals surface area (Å²) in [4.78, 5) is 12.1. The molecule has 0 unspecified atom stereocenters. The van der Waals surface area contributed by atoms with Crippen LogP contribution in [0, 0.1) is 5.82 Å². The van der Waals surface area contributed by atoms with E-state index in [4.69, 9.17) is 0 Å². The van der Waals surface area contributed by atoms with E-state index in [1.165, 1.54) is 17.7 Å². The molecule has 0 N–H and O–H groups in total. The van der Waals surface area contributed by atoms with Crippen molar-refractivity contribution in [2.24, 2.45) is 0 Å². The lowest BCUT2D eigenvalue weighted by Gasteiger charge is -2.06. The number of ketones is 1. The van der Waals surface area contributed by atoms with Crippen LogP contribution in [-0.2, 0) is 6.42 Å². The maximum Gasteiger partial charge on any atom is 0.167 e. The summed E-state index contributed by atoms with van der Waals surface area (Å²) in [6.45, 7) is 4.23. The first-order valence-corrected chi connectivity index (χ1v) is 6.44. The summed E-state index contributed by atoms with van der Waals surface area (Å²) in [5, 5.41) is 0. The standard InChI is InChI=1S/C17H17FO/c1-12(2)14-6-8-15(9-7-14)17(19)11-13-4-3-5-16(18)10-13/h3-10,12H,11H2,1-2H3. The van der Waals surface area contributed by atoms with Crippen LogP contribution in [0.4, 0.5) is 4.39 Å². The highest BCUT2D eigenvalue weighted by molar-refractivity contribution is 5.97. The fourth-order valence-corrected chi connectivity index (χ4v) is 1.99. The number of halogens is 1. The highest BCUT2D eigenvalue weighted by Gasteiger charge is 2.08. The molecular formula is C17H17FO. The van der Waals surface area contributed by atoms with Crippen LogP contribution < -0.4 is 0 Å². The van der Waals surface area contributed by atoms with Crippen LogP contribution in [0.1, 0.15) is 41.3 Å². The molecule has 98 valence electrons. The predicted molar refractivity (Wildman–Crippen MR) is 75.0 cm³/mol. The van der Waals surface area contributed by atoms with Crippen LogP contribution in [0.15, 0.2) is 48.5 Å². The number of hydrogen-bond acceptors (Lipinski definition) is 1. The molecule has 2 rings (SSSR count). The van der Waals surface area contributed by atoms with Crippen molar-refractivity contribution < 1.29 is 9.18 Å². The summed E-state index contributed by atoms with van der Waals surface area (Å²) in [6, 6.07) is 13.8. The Bertz CT molecular complexity index is 570. The van der Waals surface area contributed by atoms with E-state index in [-0.39, 0.29) is 18.0 Å². The van der Waals surface area contributed by atoms with Crippen LogP contribution in [0.5, 0.6) is 0 Å². The van der Waals surface area contributed by atoms with E-state index in [2.05, 4.69) is 13.8 Å². The molecule has 2 heteroatoms. The molecule has 0 radical (unpaired) electrons. The molecule has 0 aliphatic carbocycles. The first-order chi connectivity index (χ1) is 9.06. The van der Waals surface area contributed by atoms with Gasteiger partial charge in [0.2, 0.25) is 0 Å². The molecule has 19 heavy (non-hydrogen) atoms. The zero-order chi connectivity index (χ0) is 13.8. The maximum atomic E-state index is 13.1. The van der Waals surface area contributed by atoms with Crippen molar-refractivity contribution >= 4 is 5.78 Å². The Kier molecular flexibility index (Phi) is 4.10. The highest BCUT2D eigenvalue weighted by Crippen LogP contribution is 2.16. The fraction of sp³-hybridized carbons (Fsp3) is 0.235. The molecule has 0 atom stereocenters. The van der Waals surface area contributed by atoms with E-state index < -0.39 is 0 Å². The minimum Gasteiger partial charge on any atom is -0.294 e. The maximum absolute atomic E-state index is 13.1. The van der Waals surface area contributed by atoms with Crippen molar-refractivity contribution in [3.63, 3.8) is 0 Å². The van der Waals surface area contributed by atoms with Gasteiger partial charge in [-0.05, 0) is 29.2 Å². The third-order valence-corrected chi connectivity index (χ3v) is 3.15. The van der Waals surface area contributed by atoms with Crippen molar-refractivity contribution in [3.8, 4) is 0 Å². The lowest BCUT2D eigenvalue weighted by molar-refractivity contribution is 0.0993. The van der Waals surface area contributed by atoms with Crippen molar-refractivity contribution in [1.29, 1.82) is 0 Å². The molecule has 0 spiro atoms. The average Bonchev–Trinajstić information content (AvgIpc) is 2.39. The van der Waals surface area contributed by atoms with Gasteiger partial charge < -0.3 is 0 Å². The minimum atomic E-state index is -0.305. The van der Waals surface area contributed by atoms with Gasteiger partial charge in [-0.2, -0.15) is 0 Å². The van der Waals surface area contributed by atoms with Gasteiger partial charge >= 0.3 is 0 Å². The van der Waals surface area contributed by atoms with E-state index in [1.807, 2.05) is 24.3 Å². The van der Waals surface area contributed by atoms with Crippen LogP contribution >= 0.6 is 0 Å². The number of benzene rings is 2. The number of carbonyl (C=O) groups is 1. The second-order valence-electron chi connectivity index (χ2n) is 5.01. The largest absolute Gasteiger partial charge is 0.294 e. The van der Waals surface area contributed by atoms with Crippen molar-refractivity contribution in [2.75, 3.05) is 0 Å². The van der Waals surface area contributed by atoms with Crippen LogP contribution in [0.3, 0.4) is 0 Å². The number of carbonyl (C=O) groups excluding carboxylic acids is 1. The van der Waals surface area contributed by atoms with Gasteiger partial charge in [0, 0.05) is 12.0 Å². The molecule has 0 fully saturated rings. The van der Waals surface area contributed by atoms with Gasteiger partial charge in [0.25, 0.3) is 0 Å². The van der Waals surface area contributed by atoms with E-state index in [0.29, 0.717) is 17.0 Å². The van der Waals surface area contributed by atoms with Gasteiger partial charge in [-0.25, -0.2) is 4.39 Å². The summed E-state index contributed by atoms with van der Waals surface area (Å²) < 4.78 is 13.1. The molecule has 0 saturated carbocycles. The summed E-state index contributed by atoms with van der Waals surface area (Å²) >= 11 is 0. The molecule has 0 bridgehead atoms. The minimum absolute atomic E-state index is 0.0147. The number of rotatable bonds is 4. The summed E-state index contributed by atoms with van der Waals surface area (Å²) in [5.41, 5.74) is 2.59. The Morgan fingerprint density at radius 1 is 1.11 bits per heavy atom. The summed E-state index contributed by atoms with van der Waals surface area (Å²) in [7, 11) is 0. The Hall–Kier alpha value is -1.96. The zero-order valence-electron chi connectivity index (χ0n) is 11.2. The van der Waals surface area contributed by atoms with Crippen LogP contribution in [-0.4, -0.2) is 5.78 Å². The van der Waals surface area contributed by atoms with E-state index in [1.54, 1.807) is 12.1 Å². The lowest BCUT2D eigenvalue weighted by atomic mass is 9.98. The molecule has 0 saturated heterocycles. The van der Waals surface area contributed by atoms with E-state index >= 15 is 0 Å². The molecule has 1 nitrogen and oxygen atoms in total. The van der Waals surface area contributed by atoms with E-state index in [9.17, 15) is 9.18 Å².